The van der Waals surface area contributed by atoms with Crippen molar-refractivity contribution in [2.75, 3.05) is 5.32 Å². The van der Waals surface area contributed by atoms with Crippen molar-refractivity contribution in [2.24, 2.45) is 0 Å². The van der Waals surface area contributed by atoms with Gasteiger partial charge in [-0.25, -0.2) is 9.97 Å². The van der Waals surface area contributed by atoms with E-state index in [1.807, 2.05) is 50.2 Å². The van der Waals surface area contributed by atoms with Gasteiger partial charge in [-0.15, -0.1) is 0 Å². The summed E-state index contributed by atoms with van der Waals surface area (Å²) in [6, 6.07) is 16.9. The predicted octanol–water partition coefficient (Wildman–Crippen LogP) is 4.42. The third kappa shape index (κ3) is 4.80. The smallest absolute Gasteiger partial charge is 0.270 e. The standard InChI is InChI=1S/C20H19ClN4O/c1-13-6-8-15(9-7-13)12-22-19(26)18-10-14(2)23-20(25-18)24-17-5-3-4-16(21)11-17/h3-11H,12H2,1-2H3,(H,22,26)(H,23,24,25). The van der Waals surface area contributed by atoms with Gasteiger partial charge < -0.3 is 10.6 Å². The van der Waals surface area contributed by atoms with E-state index in [2.05, 4.69) is 20.6 Å². The monoisotopic (exact) mass is 366 g/mol. The van der Waals surface area contributed by atoms with E-state index in [0.29, 0.717) is 28.9 Å². The molecule has 0 saturated carbocycles. The molecule has 5 nitrogen and oxygen atoms in total. The van der Waals surface area contributed by atoms with E-state index in [1.165, 1.54) is 5.56 Å². The van der Waals surface area contributed by atoms with E-state index < -0.39 is 0 Å². The average Bonchev–Trinajstić information content (AvgIpc) is 2.60. The number of nitrogens with one attached hydrogen (secondary N) is 2. The Kier molecular flexibility index (Phi) is 5.49. The van der Waals surface area contributed by atoms with E-state index in [9.17, 15) is 4.79 Å². The summed E-state index contributed by atoms with van der Waals surface area (Å²) in [6.07, 6.45) is 0. The highest BCUT2D eigenvalue weighted by molar-refractivity contribution is 6.30. The molecule has 0 spiro atoms. The molecule has 1 heterocycles. The second kappa shape index (κ2) is 7.97. The minimum Gasteiger partial charge on any atom is -0.347 e. The number of amides is 1. The number of halogens is 1. The molecule has 0 saturated heterocycles. The average molecular weight is 367 g/mol. The highest BCUT2D eigenvalue weighted by Gasteiger charge is 2.11. The minimum absolute atomic E-state index is 0.245. The van der Waals surface area contributed by atoms with Crippen molar-refractivity contribution in [3.63, 3.8) is 0 Å². The number of rotatable bonds is 5. The molecule has 0 aliphatic rings. The van der Waals surface area contributed by atoms with Crippen LogP contribution in [0.5, 0.6) is 0 Å². The summed E-state index contributed by atoms with van der Waals surface area (Å²) in [5.74, 6) is 0.109. The van der Waals surface area contributed by atoms with Crippen molar-refractivity contribution in [3.8, 4) is 0 Å². The van der Waals surface area contributed by atoms with Crippen LogP contribution in [0.3, 0.4) is 0 Å². The first-order valence-corrected chi connectivity index (χ1v) is 8.59. The molecule has 6 heteroatoms. The Morgan fingerprint density at radius 2 is 1.81 bits per heavy atom. The first kappa shape index (κ1) is 17.9. The number of hydrogen-bond acceptors (Lipinski definition) is 4. The zero-order valence-electron chi connectivity index (χ0n) is 14.6. The van der Waals surface area contributed by atoms with Gasteiger partial charge in [0.15, 0.2) is 0 Å². The van der Waals surface area contributed by atoms with Gasteiger partial charge in [-0.05, 0) is 43.7 Å². The van der Waals surface area contributed by atoms with Gasteiger partial charge in [0.25, 0.3) is 5.91 Å². The number of aromatic nitrogens is 2. The second-order valence-corrected chi connectivity index (χ2v) is 6.46. The molecule has 0 aliphatic carbocycles. The fourth-order valence-electron chi connectivity index (χ4n) is 2.41. The van der Waals surface area contributed by atoms with Crippen LogP contribution in [-0.2, 0) is 6.54 Å². The molecule has 2 aromatic carbocycles. The molecule has 2 N–H and O–H groups in total. The third-order valence-electron chi connectivity index (χ3n) is 3.74. The summed E-state index contributed by atoms with van der Waals surface area (Å²) in [4.78, 5) is 21.1. The molecule has 3 aromatic rings. The van der Waals surface area contributed by atoms with Crippen LogP contribution in [0.25, 0.3) is 0 Å². The molecule has 132 valence electrons. The zero-order chi connectivity index (χ0) is 18.5. The first-order valence-electron chi connectivity index (χ1n) is 8.21. The number of hydrogen-bond donors (Lipinski definition) is 2. The topological polar surface area (TPSA) is 66.9 Å². The summed E-state index contributed by atoms with van der Waals surface area (Å²) in [5.41, 5.74) is 3.99. The molecule has 0 bridgehead atoms. The maximum absolute atomic E-state index is 12.4. The first-order chi connectivity index (χ1) is 12.5. The zero-order valence-corrected chi connectivity index (χ0v) is 15.3. The van der Waals surface area contributed by atoms with Crippen LogP contribution >= 0.6 is 11.6 Å². The highest BCUT2D eigenvalue weighted by Crippen LogP contribution is 2.18. The van der Waals surface area contributed by atoms with E-state index in [4.69, 9.17) is 11.6 Å². The number of nitrogens with zero attached hydrogens (tertiary/aromatic N) is 2. The van der Waals surface area contributed by atoms with Gasteiger partial charge >= 0.3 is 0 Å². The SMILES string of the molecule is Cc1ccc(CNC(=O)c2cc(C)nc(Nc3cccc(Cl)c3)n2)cc1. The minimum atomic E-state index is -0.245. The molecule has 0 unspecified atom stereocenters. The van der Waals surface area contributed by atoms with Gasteiger partial charge in [-0.2, -0.15) is 0 Å². The summed E-state index contributed by atoms with van der Waals surface area (Å²) in [6.45, 7) is 4.29. The van der Waals surface area contributed by atoms with Crippen LogP contribution in [0.2, 0.25) is 5.02 Å². The second-order valence-electron chi connectivity index (χ2n) is 6.02. The molecule has 1 amide bonds. The van der Waals surface area contributed by atoms with E-state index in [0.717, 1.165) is 11.3 Å². The van der Waals surface area contributed by atoms with Crippen molar-refractivity contribution in [2.45, 2.75) is 20.4 Å². The van der Waals surface area contributed by atoms with Crippen molar-refractivity contribution in [3.05, 3.63) is 82.1 Å². The lowest BCUT2D eigenvalue weighted by Gasteiger charge is -2.09. The Labute approximate surface area is 157 Å². The Balaban J connectivity index is 1.71. The lowest BCUT2D eigenvalue weighted by molar-refractivity contribution is 0.0945. The Morgan fingerprint density at radius 1 is 1.04 bits per heavy atom. The van der Waals surface area contributed by atoms with Crippen molar-refractivity contribution in [1.29, 1.82) is 0 Å². The molecule has 0 atom stereocenters. The van der Waals surface area contributed by atoms with Gasteiger partial charge in [0.05, 0.1) is 0 Å². The van der Waals surface area contributed by atoms with E-state index in [-0.39, 0.29) is 5.91 Å². The Hall–Kier alpha value is -2.92. The van der Waals surface area contributed by atoms with Gasteiger partial charge in [0.1, 0.15) is 5.69 Å². The quantitative estimate of drug-likeness (QED) is 0.701. The molecular formula is C20H19ClN4O. The molecule has 0 aliphatic heterocycles. The van der Waals surface area contributed by atoms with Crippen molar-refractivity contribution in [1.82, 2.24) is 15.3 Å². The van der Waals surface area contributed by atoms with Crippen LogP contribution in [0.15, 0.2) is 54.6 Å². The van der Waals surface area contributed by atoms with Crippen LogP contribution in [0.1, 0.15) is 27.3 Å². The van der Waals surface area contributed by atoms with Crippen LogP contribution in [0.4, 0.5) is 11.6 Å². The highest BCUT2D eigenvalue weighted by atomic mass is 35.5. The molecular weight excluding hydrogens is 348 g/mol. The van der Waals surface area contributed by atoms with Crippen LogP contribution in [-0.4, -0.2) is 15.9 Å². The fraction of sp³-hybridized carbons (Fsp3) is 0.150. The number of carbonyl (C=O) groups excluding carboxylic acids is 1. The maximum atomic E-state index is 12.4. The summed E-state index contributed by atoms with van der Waals surface area (Å²) >= 11 is 5.99. The third-order valence-corrected chi connectivity index (χ3v) is 3.98. The van der Waals surface area contributed by atoms with Gasteiger partial charge in [0, 0.05) is 22.9 Å². The lowest BCUT2D eigenvalue weighted by Crippen LogP contribution is -2.24. The van der Waals surface area contributed by atoms with Gasteiger partial charge in [-0.3, -0.25) is 4.79 Å². The Bertz CT molecular complexity index is 925. The van der Waals surface area contributed by atoms with Crippen molar-refractivity contribution < 1.29 is 4.79 Å². The van der Waals surface area contributed by atoms with Crippen molar-refractivity contribution >= 4 is 29.1 Å². The molecule has 1 aromatic heterocycles. The summed E-state index contributed by atoms with van der Waals surface area (Å²) < 4.78 is 0. The maximum Gasteiger partial charge on any atom is 0.270 e. The molecule has 0 fully saturated rings. The van der Waals surface area contributed by atoms with Gasteiger partial charge in [-0.1, -0.05) is 47.5 Å². The Morgan fingerprint density at radius 3 is 2.54 bits per heavy atom. The number of aryl methyl sites for hydroxylation is 2. The number of carbonyl (C=O) groups is 1. The fourth-order valence-corrected chi connectivity index (χ4v) is 2.61. The van der Waals surface area contributed by atoms with E-state index in [1.54, 1.807) is 18.2 Å². The van der Waals surface area contributed by atoms with Crippen LogP contribution in [0, 0.1) is 13.8 Å². The summed E-state index contributed by atoms with van der Waals surface area (Å²) in [7, 11) is 0. The number of benzene rings is 2. The lowest BCUT2D eigenvalue weighted by atomic mass is 10.1. The predicted molar refractivity (Wildman–Crippen MR) is 104 cm³/mol. The normalized spacial score (nSPS) is 10.4. The molecule has 26 heavy (non-hydrogen) atoms. The van der Waals surface area contributed by atoms with Gasteiger partial charge in [0.2, 0.25) is 5.95 Å². The summed E-state index contributed by atoms with van der Waals surface area (Å²) in [5, 5.41) is 6.57. The number of anilines is 2. The largest absolute Gasteiger partial charge is 0.347 e. The van der Waals surface area contributed by atoms with Crippen LogP contribution < -0.4 is 10.6 Å². The molecule has 3 rings (SSSR count). The van der Waals surface area contributed by atoms with E-state index >= 15 is 0 Å². The molecule has 0 radical (unpaired) electrons.